The number of piperazine rings is 1. The Morgan fingerprint density at radius 2 is 2.10 bits per heavy atom. The lowest BCUT2D eigenvalue weighted by molar-refractivity contribution is -0.138. The Morgan fingerprint density at radius 1 is 1.27 bits per heavy atom. The fourth-order valence-electron chi connectivity index (χ4n) is 3.42. The fourth-order valence-corrected chi connectivity index (χ4v) is 3.42. The van der Waals surface area contributed by atoms with E-state index >= 15 is 0 Å². The molecule has 0 radical (unpaired) electrons. The van der Waals surface area contributed by atoms with Crippen LogP contribution in [0.3, 0.4) is 0 Å². The molecule has 3 aromatic rings. The summed E-state index contributed by atoms with van der Waals surface area (Å²) in [6.45, 7) is 1.95. The van der Waals surface area contributed by atoms with Crippen molar-refractivity contribution in [1.82, 2.24) is 25.3 Å². The Morgan fingerprint density at radius 3 is 2.87 bits per heavy atom. The van der Waals surface area contributed by atoms with Gasteiger partial charge in [0.25, 0.3) is 0 Å². The lowest BCUT2D eigenvalue weighted by atomic mass is 10.1. The number of hydrogen-bond acceptors (Lipinski definition) is 7. The lowest BCUT2D eigenvalue weighted by Crippen LogP contribution is -2.56. The van der Waals surface area contributed by atoms with Gasteiger partial charge in [0.15, 0.2) is 0 Å². The first kappa shape index (κ1) is 19.8. The Bertz CT molecular complexity index is 986. The van der Waals surface area contributed by atoms with E-state index in [-0.39, 0.29) is 24.8 Å². The van der Waals surface area contributed by atoms with Gasteiger partial charge in [0.05, 0.1) is 31.5 Å². The summed E-state index contributed by atoms with van der Waals surface area (Å²) in [6, 6.07) is 10.8. The van der Waals surface area contributed by atoms with Crippen LogP contribution in [0, 0.1) is 0 Å². The number of furan rings is 1. The average Bonchev–Trinajstić information content (AvgIpc) is 3.43. The number of aromatic nitrogens is 2. The van der Waals surface area contributed by atoms with Gasteiger partial charge in [-0.3, -0.25) is 14.5 Å². The second-order valence-electron chi connectivity index (χ2n) is 7.23. The molecule has 1 fully saturated rings. The summed E-state index contributed by atoms with van der Waals surface area (Å²) in [7, 11) is 1.66. The second-order valence-corrected chi connectivity index (χ2v) is 7.23. The van der Waals surface area contributed by atoms with Crippen LogP contribution in [0.4, 0.5) is 0 Å². The van der Waals surface area contributed by atoms with Gasteiger partial charge < -0.3 is 19.1 Å². The molecule has 1 aliphatic rings. The third kappa shape index (κ3) is 4.57. The van der Waals surface area contributed by atoms with Gasteiger partial charge in [0.2, 0.25) is 23.6 Å². The van der Waals surface area contributed by atoms with Crippen molar-refractivity contribution in [3.8, 4) is 11.5 Å². The number of nitrogens with zero attached hydrogens (tertiary/aromatic N) is 4. The van der Waals surface area contributed by atoms with Gasteiger partial charge in [-0.25, -0.2) is 0 Å². The molecule has 0 spiro atoms. The third-order valence-corrected chi connectivity index (χ3v) is 5.06. The smallest absolute Gasteiger partial charge is 0.247 e. The van der Waals surface area contributed by atoms with Gasteiger partial charge in [-0.2, -0.15) is 0 Å². The van der Waals surface area contributed by atoms with Crippen LogP contribution < -0.4 is 5.32 Å². The van der Waals surface area contributed by atoms with Crippen molar-refractivity contribution in [2.75, 3.05) is 20.1 Å². The van der Waals surface area contributed by atoms with Crippen LogP contribution in [0.2, 0.25) is 0 Å². The molecule has 1 N–H and O–H groups in total. The molecule has 1 aliphatic heterocycles. The summed E-state index contributed by atoms with van der Waals surface area (Å²) < 4.78 is 10.8. The minimum absolute atomic E-state index is 0.0693. The number of hydrogen-bond donors (Lipinski definition) is 1. The number of carbonyl (C=O) groups excluding carboxylic acids is 2. The molecule has 2 aromatic heterocycles. The monoisotopic (exact) mass is 409 g/mol. The highest BCUT2D eigenvalue weighted by Crippen LogP contribution is 2.19. The van der Waals surface area contributed by atoms with Gasteiger partial charge in [-0.1, -0.05) is 18.2 Å². The molecule has 156 valence electrons. The van der Waals surface area contributed by atoms with E-state index in [0.717, 1.165) is 11.1 Å². The standard InChI is InChI=1S/C21H23N5O4/c1-25(13-18-23-24-21(30-18)16-5-3-2-4-6-16)19(27)11-17-20(28)22-8-9-26(17)12-15-7-10-29-14-15/h2-7,10,14,17H,8-9,11-13H2,1H3,(H,22,28)/t17-/m1/s1. The maximum Gasteiger partial charge on any atom is 0.247 e. The van der Waals surface area contributed by atoms with E-state index in [2.05, 4.69) is 15.5 Å². The predicted octanol–water partition coefficient (Wildman–Crippen LogP) is 1.68. The van der Waals surface area contributed by atoms with E-state index in [1.807, 2.05) is 41.3 Å². The van der Waals surface area contributed by atoms with Crippen molar-refractivity contribution in [1.29, 1.82) is 0 Å². The zero-order valence-electron chi connectivity index (χ0n) is 16.7. The van der Waals surface area contributed by atoms with Crippen molar-refractivity contribution in [3.63, 3.8) is 0 Å². The maximum atomic E-state index is 12.8. The largest absolute Gasteiger partial charge is 0.472 e. The first-order chi connectivity index (χ1) is 14.6. The summed E-state index contributed by atoms with van der Waals surface area (Å²) in [5.41, 5.74) is 1.79. The molecular weight excluding hydrogens is 386 g/mol. The summed E-state index contributed by atoms with van der Waals surface area (Å²) in [6.07, 6.45) is 3.32. The number of carbonyl (C=O) groups is 2. The molecular formula is C21H23N5O4. The van der Waals surface area contributed by atoms with Gasteiger partial charge in [0.1, 0.15) is 0 Å². The van der Waals surface area contributed by atoms with Gasteiger partial charge >= 0.3 is 0 Å². The minimum atomic E-state index is -0.536. The Labute approximate surface area is 173 Å². The Balaban J connectivity index is 1.38. The fraction of sp³-hybridized carbons (Fsp3) is 0.333. The molecule has 0 bridgehead atoms. The molecule has 1 atom stereocenters. The van der Waals surface area contributed by atoms with Crippen LogP contribution in [-0.2, 0) is 22.7 Å². The molecule has 4 rings (SSSR count). The first-order valence-corrected chi connectivity index (χ1v) is 9.75. The van der Waals surface area contributed by atoms with Crippen LogP contribution >= 0.6 is 0 Å². The van der Waals surface area contributed by atoms with Crippen LogP contribution in [0.1, 0.15) is 17.9 Å². The molecule has 30 heavy (non-hydrogen) atoms. The highest BCUT2D eigenvalue weighted by Gasteiger charge is 2.32. The highest BCUT2D eigenvalue weighted by molar-refractivity contribution is 5.88. The normalized spacial score (nSPS) is 17.0. The van der Waals surface area contributed by atoms with E-state index in [1.54, 1.807) is 19.6 Å². The van der Waals surface area contributed by atoms with Crippen molar-refractivity contribution in [3.05, 3.63) is 60.4 Å². The molecule has 2 amide bonds. The van der Waals surface area contributed by atoms with E-state index in [4.69, 9.17) is 8.83 Å². The number of amides is 2. The van der Waals surface area contributed by atoms with Crippen LogP contribution in [0.25, 0.3) is 11.5 Å². The van der Waals surface area contributed by atoms with Crippen molar-refractivity contribution < 1.29 is 18.4 Å². The molecule has 0 unspecified atom stereocenters. The van der Waals surface area contributed by atoms with Gasteiger partial charge in [-0.05, 0) is 18.2 Å². The average molecular weight is 409 g/mol. The Hall–Kier alpha value is -3.46. The van der Waals surface area contributed by atoms with E-state index in [0.29, 0.717) is 31.4 Å². The molecule has 9 nitrogen and oxygen atoms in total. The van der Waals surface area contributed by atoms with E-state index in [9.17, 15) is 9.59 Å². The van der Waals surface area contributed by atoms with Crippen molar-refractivity contribution in [2.45, 2.75) is 25.6 Å². The quantitative estimate of drug-likeness (QED) is 0.633. The van der Waals surface area contributed by atoms with Crippen LogP contribution in [0.15, 0.2) is 57.8 Å². The van der Waals surface area contributed by atoms with Gasteiger partial charge in [-0.15, -0.1) is 10.2 Å². The van der Waals surface area contributed by atoms with E-state index < -0.39 is 6.04 Å². The summed E-state index contributed by atoms with van der Waals surface area (Å²) in [4.78, 5) is 28.7. The third-order valence-electron chi connectivity index (χ3n) is 5.06. The topological polar surface area (TPSA) is 105 Å². The molecule has 3 heterocycles. The summed E-state index contributed by atoms with van der Waals surface area (Å²) in [5, 5.41) is 10.9. The van der Waals surface area contributed by atoms with Crippen molar-refractivity contribution >= 4 is 11.8 Å². The van der Waals surface area contributed by atoms with Crippen LogP contribution in [-0.4, -0.2) is 58.0 Å². The first-order valence-electron chi connectivity index (χ1n) is 9.75. The molecule has 0 aliphatic carbocycles. The maximum absolute atomic E-state index is 12.8. The summed E-state index contributed by atoms with van der Waals surface area (Å²) >= 11 is 0. The second kappa shape index (κ2) is 8.91. The number of rotatable bonds is 7. The Kier molecular flexibility index (Phi) is 5.89. The highest BCUT2D eigenvalue weighted by atomic mass is 16.4. The lowest BCUT2D eigenvalue weighted by Gasteiger charge is -2.35. The zero-order chi connectivity index (χ0) is 20.9. The predicted molar refractivity (Wildman–Crippen MR) is 107 cm³/mol. The number of nitrogens with one attached hydrogen (secondary N) is 1. The molecule has 1 saturated heterocycles. The molecule has 9 heteroatoms. The van der Waals surface area contributed by atoms with E-state index in [1.165, 1.54) is 4.90 Å². The van der Waals surface area contributed by atoms with Crippen molar-refractivity contribution in [2.24, 2.45) is 0 Å². The summed E-state index contributed by atoms with van der Waals surface area (Å²) in [5.74, 6) is 0.432. The SMILES string of the molecule is CN(Cc1nnc(-c2ccccc2)o1)C(=O)C[C@@H]1C(=O)NCCN1Cc1ccoc1. The zero-order valence-corrected chi connectivity index (χ0v) is 16.7. The van der Waals surface area contributed by atoms with Gasteiger partial charge in [0, 0.05) is 37.8 Å². The molecule has 0 saturated carbocycles. The van der Waals surface area contributed by atoms with Crippen LogP contribution in [0.5, 0.6) is 0 Å². The minimum Gasteiger partial charge on any atom is -0.472 e. The number of benzene rings is 1. The molecule has 1 aromatic carbocycles.